The molecule has 98 valence electrons. The standard InChI is InChI=1S/C12H22N2O3/c13-14-12(15)9-1-3-10(4-2-9)17-11-5-7-16-8-6-11/h9-11H,1-8,13H2,(H,14,15). The van der Waals surface area contributed by atoms with Gasteiger partial charge >= 0.3 is 0 Å². The van der Waals surface area contributed by atoms with Gasteiger partial charge in [0, 0.05) is 19.1 Å². The van der Waals surface area contributed by atoms with Crippen LogP contribution in [0.3, 0.4) is 0 Å². The number of hydrogen-bond acceptors (Lipinski definition) is 4. The van der Waals surface area contributed by atoms with Gasteiger partial charge in [-0.2, -0.15) is 0 Å². The molecule has 0 radical (unpaired) electrons. The molecule has 5 nitrogen and oxygen atoms in total. The summed E-state index contributed by atoms with van der Waals surface area (Å²) in [6.07, 6.45) is 6.39. The molecule has 0 spiro atoms. The fourth-order valence-electron chi connectivity index (χ4n) is 2.66. The van der Waals surface area contributed by atoms with Gasteiger partial charge in [0.2, 0.25) is 5.91 Å². The Morgan fingerprint density at radius 1 is 1.06 bits per heavy atom. The van der Waals surface area contributed by atoms with E-state index >= 15 is 0 Å². The third kappa shape index (κ3) is 3.66. The van der Waals surface area contributed by atoms with E-state index in [9.17, 15) is 4.79 Å². The molecule has 0 aromatic carbocycles. The summed E-state index contributed by atoms with van der Waals surface area (Å²) >= 11 is 0. The predicted molar refractivity (Wildman–Crippen MR) is 63.0 cm³/mol. The Labute approximate surface area is 102 Å². The van der Waals surface area contributed by atoms with Crippen molar-refractivity contribution in [3.8, 4) is 0 Å². The first kappa shape index (κ1) is 12.8. The van der Waals surface area contributed by atoms with Gasteiger partial charge in [-0.25, -0.2) is 5.84 Å². The van der Waals surface area contributed by atoms with E-state index < -0.39 is 0 Å². The molecule has 1 aliphatic heterocycles. The van der Waals surface area contributed by atoms with E-state index in [1.165, 1.54) is 0 Å². The molecular weight excluding hydrogens is 220 g/mol. The number of ether oxygens (including phenoxy) is 2. The summed E-state index contributed by atoms with van der Waals surface area (Å²) in [5.74, 6) is 5.19. The third-order valence-electron chi connectivity index (χ3n) is 3.74. The Morgan fingerprint density at radius 3 is 2.24 bits per heavy atom. The van der Waals surface area contributed by atoms with Gasteiger partial charge in [0.25, 0.3) is 0 Å². The largest absolute Gasteiger partial charge is 0.381 e. The van der Waals surface area contributed by atoms with Gasteiger partial charge in [0.05, 0.1) is 12.2 Å². The van der Waals surface area contributed by atoms with Crippen LogP contribution in [0.5, 0.6) is 0 Å². The minimum atomic E-state index is -0.0329. The second-order valence-electron chi connectivity index (χ2n) is 4.93. The zero-order valence-electron chi connectivity index (χ0n) is 10.2. The fourth-order valence-corrected chi connectivity index (χ4v) is 2.66. The van der Waals surface area contributed by atoms with Gasteiger partial charge in [0.15, 0.2) is 0 Å². The highest BCUT2D eigenvalue weighted by molar-refractivity contribution is 5.77. The zero-order valence-corrected chi connectivity index (χ0v) is 10.2. The van der Waals surface area contributed by atoms with Gasteiger partial charge in [-0.05, 0) is 38.5 Å². The van der Waals surface area contributed by atoms with Crippen molar-refractivity contribution in [3.05, 3.63) is 0 Å². The van der Waals surface area contributed by atoms with Crippen LogP contribution in [0.1, 0.15) is 38.5 Å². The van der Waals surface area contributed by atoms with Crippen LogP contribution < -0.4 is 11.3 Å². The van der Waals surface area contributed by atoms with E-state index in [0.717, 1.165) is 51.7 Å². The molecule has 0 aromatic heterocycles. The van der Waals surface area contributed by atoms with E-state index in [-0.39, 0.29) is 11.8 Å². The lowest BCUT2D eigenvalue weighted by molar-refractivity contribution is -0.128. The van der Waals surface area contributed by atoms with Crippen molar-refractivity contribution in [2.45, 2.75) is 50.7 Å². The number of nitrogens with one attached hydrogen (secondary N) is 1. The molecule has 1 saturated carbocycles. The summed E-state index contributed by atoms with van der Waals surface area (Å²) in [5.41, 5.74) is 2.23. The Balaban J connectivity index is 1.69. The molecule has 17 heavy (non-hydrogen) atoms. The predicted octanol–water partition coefficient (Wildman–Crippen LogP) is 0.731. The minimum absolute atomic E-state index is 0.0329. The molecule has 2 aliphatic rings. The van der Waals surface area contributed by atoms with Gasteiger partial charge in [-0.3, -0.25) is 10.2 Å². The quantitative estimate of drug-likeness (QED) is 0.435. The maximum absolute atomic E-state index is 11.4. The van der Waals surface area contributed by atoms with Gasteiger partial charge in [-0.15, -0.1) is 0 Å². The summed E-state index contributed by atoms with van der Waals surface area (Å²) in [5, 5.41) is 0. The van der Waals surface area contributed by atoms with Gasteiger partial charge in [0.1, 0.15) is 0 Å². The van der Waals surface area contributed by atoms with Crippen LogP contribution in [0.4, 0.5) is 0 Å². The summed E-state index contributed by atoms with van der Waals surface area (Å²) in [7, 11) is 0. The number of carbonyl (C=O) groups is 1. The highest BCUT2D eigenvalue weighted by Crippen LogP contribution is 2.28. The summed E-state index contributed by atoms with van der Waals surface area (Å²) in [4.78, 5) is 11.4. The summed E-state index contributed by atoms with van der Waals surface area (Å²) in [6, 6.07) is 0. The molecule has 5 heteroatoms. The summed E-state index contributed by atoms with van der Waals surface area (Å²) < 4.78 is 11.4. The van der Waals surface area contributed by atoms with Crippen molar-refractivity contribution in [3.63, 3.8) is 0 Å². The lowest BCUT2D eigenvalue weighted by Crippen LogP contribution is -2.39. The normalized spacial score (nSPS) is 31.1. The van der Waals surface area contributed by atoms with Crippen LogP contribution in [0.15, 0.2) is 0 Å². The number of hydrazine groups is 1. The SMILES string of the molecule is NNC(=O)C1CCC(OC2CCOCC2)CC1. The first-order valence-corrected chi connectivity index (χ1v) is 6.53. The molecule has 1 heterocycles. The second-order valence-corrected chi connectivity index (χ2v) is 4.93. The number of hydrogen-bond donors (Lipinski definition) is 2. The Bertz CT molecular complexity index is 246. The van der Waals surface area contributed by atoms with Crippen molar-refractivity contribution in [2.75, 3.05) is 13.2 Å². The van der Waals surface area contributed by atoms with Gasteiger partial charge < -0.3 is 9.47 Å². The third-order valence-corrected chi connectivity index (χ3v) is 3.74. The lowest BCUT2D eigenvalue weighted by atomic mass is 9.87. The second kappa shape index (κ2) is 6.33. The molecule has 0 atom stereocenters. The summed E-state index contributed by atoms with van der Waals surface area (Å²) in [6.45, 7) is 1.63. The molecule has 2 fully saturated rings. The highest BCUT2D eigenvalue weighted by atomic mass is 16.5. The number of nitrogens with two attached hydrogens (primary N) is 1. The van der Waals surface area contributed by atoms with Gasteiger partial charge in [-0.1, -0.05) is 0 Å². The highest BCUT2D eigenvalue weighted by Gasteiger charge is 2.28. The van der Waals surface area contributed by atoms with Crippen LogP contribution in [-0.4, -0.2) is 31.3 Å². The maximum Gasteiger partial charge on any atom is 0.236 e. The van der Waals surface area contributed by atoms with Crippen LogP contribution in [0.25, 0.3) is 0 Å². The average molecular weight is 242 g/mol. The smallest absolute Gasteiger partial charge is 0.236 e. The molecule has 0 aromatic rings. The molecule has 1 saturated heterocycles. The molecule has 1 aliphatic carbocycles. The average Bonchev–Trinajstić information content (AvgIpc) is 2.40. The number of amides is 1. The minimum Gasteiger partial charge on any atom is -0.381 e. The molecule has 3 N–H and O–H groups in total. The topological polar surface area (TPSA) is 73.6 Å². The van der Waals surface area contributed by atoms with Crippen LogP contribution >= 0.6 is 0 Å². The van der Waals surface area contributed by atoms with Crippen LogP contribution in [0, 0.1) is 5.92 Å². The van der Waals surface area contributed by atoms with E-state index in [4.69, 9.17) is 15.3 Å². The maximum atomic E-state index is 11.4. The number of carbonyl (C=O) groups excluding carboxylic acids is 1. The van der Waals surface area contributed by atoms with Crippen LogP contribution in [0.2, 0.25) is 0 Å². The van der Waals surface area contributed by atoms with Crippen LogP contribution in [-0.2, 0) is 14.3 Å². The Morgan fingerprint density at radius 2 is 1.65 bits per heavy atom. The molecule has 0 bridgehead atoms. The zero-order chi connectivity index (χ0) is 12.1. The van der Waals surface area contributed by atoms with E-state index in [1.807, 2.05) is 0 Å². The molecule has 2 rings (SSSR count). The lowest BCUT2D eigenvalue weighted by Gasteiger charge is -2.32. The van der Waals surface area contributed by atoms with E-state index in [2.05, 4.69) is 5.43 Å². The molecular formula is C12H22N2O3. The number of rotatable bonds is 3. The van der Waals surface area contributed by atoms with E-state index in [0.29, 0.717) is 12.2 Å². The first-order valence-electron chi connectivity index (χ1n) is 6.53. The molecule has 0 unspecified atom stereocenters. The Hall–Kier alpha value is -0.650. The van der Waals surface area contributed by atoms with Crippen molar-refractivity contribution in [2.24, 2.45) is 11.8 Å². The fraction of sp³-hybridized carbons (Fsp3) is 0.917. The van der Waals surface area contributed by atoms with Crippen molar-refractivity contribution in [1.82, 2.24) is 5.43 Å². The molecule has 1 amide bonds. The first-order chi connectivity index (χ1) is 8.29. The Kier molecular flexibility index (Phi) is 4.76. The van der Waals surface area contributed by atoms with Crippen molar-refractivity contribution < 1.29 is 14.3 Å². The van der Waals surface area contributed by atoms with Crippen molar-refractivity contribution >= 4 is 5.91 Å². The van der Waals surface area contributed by atoms with Crippen molar-refractivity contribution in [1.29, 1.82) is 0 Å². The monoisotopic (exact) mass is 242 g/mol. The van der Waals surface area contributed by atoms with E-state index in [1.54, 1.807) is 0 Å².